The number of fused-ring (bicyclic) bond motifs is 5. The summed E-state index contributed by atoms with van der Waals surface area (Å²) in [5.74, 6) is 0.643. The van der Waals surface area contributed by atoms with Gasteiger partial charge in [-0.1, -0.05) is 59.8 Å². The standard InChI is InChI=1S/C29H29N5O2S2/c1-18-12-14-21(15-13-18)33-26(36)25-22-10-6-7-11-23(22)38-27(25)34-28(33)31-32-29(34)37-17-24(35)30-19(2)16-20-8-4-3-5-9-20/h3-5,8-9,12-15,19H,6-7,10-11,16-17H2,1-2H3,(H,30,35). The third-order valence-electron chi connectivity index (χ3n) is 7.01. The summed E-state index contributed by atoms with van der Waals surface area (Å²) in [4.78, 5) is 28.9. The van der Waals surface area contributed by atoms with E-state index in [1.165, 1.54) is 27.8 Å². The van der Waals surface area contributed by atoms with Crippen LogP contribution < -0.4 is 10.9 Å². The predicted octanol–water partition coefficient (Wildman–Crippen LogP) is 5.12. The van der Waals surface area contributed by atoms with Gasteiger partial charge in [0, 0.05) is 10.9 Å². The average Bonchev–Trinajstić information content (AvgIpc) is 3.51. The Kier molecular flexibility index (Phi) is 6.80. The zero-order chi connectivity index (χ0) is 26.2. The van der Waals surface area contributed by atoms with E-state index in [-0.39, 0.29) is 23.3 Å². The number of rotatable bonds is 7. The highest BCUT2D eigenvalue weighted by Gasteiger charge is 2.26. The summed E-state index contributed by atoms with van der Waals surface area (Å²) < 4.78 is 3.65. The summed E-state index contributed by atoms with van der Waals surface area (Å²) in [6, 6.07) is 18.1. The number of hydrogen-bond acceptors (Lipinski definition) is 6. The van der Waals surface area contributed by atoms with Crippen LogP contribution in [0.5, 0.6) is 0 Å². The average molecular weight is 544 g/mol. The van der Waals surface area contributed by atoms with Crippen molar-refractivity contribution in [2.45, 2.75) is 57.1 Å². The first-order chi connectivity index (χ1) is 18.5. The van der Waals surface area contributed by atoms with E-state index < -0.39 is 0 Å². The van der Waals surface area contributed by atoms with Gasteiger partial charge in [-0.05, 0) is 69.2 Å². The van der Waals surface area contributed by atoms with Crippen LogP contribution in [0.15, 0.2) is 64.5 Å². The number of aromatic nitrogens is 4. The smallest absolute Gasteiger partial charge is 0.268 e. The first-order valence-electron chi connectivity index (χ1n) is 13.0. The second kappa shape index (κ2) is 10.4. The molecular formula is C29H29N5O2S2. The molecule has 0 bridgehead atoms. The van der Waals surface area contributed by atoms with Crippen LogP contribution in [0.2, 0.25) is 0 Å². The third-order valence-corrected chi connectivity index (χ3v) is 9.21. The SMILES string of the molecule is Cc1ccc(-n2c(=O)c3c4c(sc3n3c(SCC(=O)NC(C)Cc5ccccc5)nnc23)CCCC4)cc1. The van der Waals surface area contributed by atoms with Crippen LogP contribution in [0.3, 0.4) is 0 Å². The van der Waals surface area contributed by atoms with E-state index in [1.807, 2.05) is 60.7 Å². The van der Waals surface area contributed by atoms with E-state index >= 15 is 0 Å². The minimum absolute atomic E-state index is 0.0167. The van der Waals surface area contributed by atoms with Gasteiger partial charge >= 0.3 is 0 Å². The molecule has 1 amide bonds. The first-order valence-corrected chi connectivity index (χ1v) is 14.8. The van der Waals surface area contributed by atoms with Crippen molar-refractivity contribution in [3.05, 3.63) is 86.5 Å². The molecule has 6 rings (SSSR count). The van der Waals surface area contributed by atoms with Crippen LogP contribution in [0, 0.1) is 6.92 Å². The van der Waals surface area contributed by atoms with Gasteiger partial charge in [0.15, 0.2) is 5.16 Å². The molecule has 1 atom stereocenters. The van der Waals surface area contributed by atoms with Crippen molar-refractivity contribution in [2.24, 2.45) is 0 Å². The molecule has 0 saturated carbocycles. The summed E-state index contributed by atoms with van der Waals surface area (Å²) >= 11 is 3.02. The van der Waals surface area contributed by atoms with Gasteiger partial charge in [0.25, 0.3) is 5.56 Å². The molecule has 5 aromatic rings. The van der Waals surface area contributed by atoms with Crippen molar-refractivity contribution in [2.75, 3.05) is 5.75 Å². The number of hydrogen-bond donors (Lipinski definition) is 1. The fourth-order valence-corrected chi connectivity index (χ4v) is 7.38. The molecule has 3 aromatic heterocycles. The van der Waals surface area contributed by atoms with Gasteiger partial charge in [0.05, 0.1) is 16.8 Å². The second-order valence-corrected chi connectivity index (χ2v) is 12.0. The zero-order valence-corrected chi connectivity index (χ0v) is 23.1. The molecule has 0 radical (unpaired) electrons. The Hall–Kier alpha value is -3.43. The molecular weight excluding hydrogens is 514 g/mol. The van der Waals surface area contributed by atoms with E-state index in [1.54, 1.807) is 15.9 Å². The Balaban J connectivity index is 1.35. The molecule has 38 heavy (non-hydrogen) atoms. The Bertz CT molecular complexity index is 1690. The number of benzene rings is 2. The lowest BCUT2D eigenvalue weighted by atomic mass is 9.97. The van der Waals surface area contributed by atoms with Crippen LogP contribution in [0.25, 0.3) is 21.7 Å². The number of carbonyl (C=O) groups is 1. The summed E-state index contributed by atoms with van der Waals surface area (Å²) in [6.07, 6.45) is 4.91. The van der Waals surface area contributed by atoms with Gasteiger partial charge < -0.3 is 5.32 Å². The highest BCUT2D eigenvalue weighted by Crippen LogP contribution is 2.36. The number of nitrogens with zero attached hydrogens (tertiary/aromatic N) is 4. The van der Waals surface area contributed by atoms with Crippen molar-refractivity contribution in [3.63, 3.8) is 0 Å². The number of aryl methyl sites for hydroxylation is 3. The van der Waals surface area contributed by atoms with Gasteiger partial charge in [0.2, 0.25) is 11.7 Å². The van der Waals surface area contributed by atoms with Crippen LogP contribution in [0.1, 0.15) is 41.3 Å². The Labute approximate surface area is 228 Å². The zero-order valence-electron chi connectivity index (χ0n) is 21.4. The number of amides is 1. The van der Waals surface area contributed by atoms with E-state index in [0.29, 0.717) is 10.9 Å². The van der Waals surface area contributed by atoms with Crippen LogP contribution in [-0.4, -0.2) is 36.9 Å². The predicted molar refractivity (Wildman–Crippen MR) is 154 cm³/mol. The number of thioether (sulfide) groups is 1. The highest BCUT2D eigenvalue weighted by atomic mass is 32.2. The van der Waals surface area contributed by atoms with Crippen LogP contribution in [0.4, 0.5) is 0 Å². The molecule has 1 aliphatic carbocycles. The van der Waals surface area contributed by atoms with E-state index in [2.05, 4.69) is 27.6 Å². The number of thiophene rings is 1. The molecule has 1 aliphatic rings. The van der Waals surface area contributed by atoms with Gasteiger partial charge in [-0.25, -0.2) is 8.97 Å². The van der Waals surface area contributed by atoms with Gasteiger partial charge in [0.1, 0.15) is 4.83 Å². The third kappa shape index (κ3) is 4.65. The minimum atomic E-state index is -0.0521. The van der Waals surface area contributed by atoms with Crippen molar-refractivity contribution < 1.29 is 4.79 Å². The van der Waals surface area contributed by atoms with Crippen LogP contribution >= 0.6 is 23.1 Å². The maximum Gasteiger partial charge on any atom is 0.268 e. The quantitative estimate of drug-likeness (QED) is 0.288. The molecule has 3 heterocycles. The number of carbonyl (C=O) groups excluding carboxylic acids is 1. The van der Waals surface area contributed by atoms with Crippen molar-refractivity contribution in [3.8, 4) is 5.69 Å². The highest BCUT2D eigenvalue weighted by molar-refractivity contribution is 7.99. The lowest BCUT2D eigenvalue weighted by Gasteiger charge is -2.14. The molecule has 194 valence electrons. The topological polar surface area (TPSA) is 81.3 Å². The molecule has 9 heteroatoms. The second-order valence-electron chi connectivity index (χ2n) is 9.93. The van der Waals surface area contributed by atoms with E-state index in [9.17, 15) is 9.59 Å². The van der Waals surface area contributed by atoms with Crippen molar-refractivity contribution >= 4 is 45.0 Å². The summed E-state index contributed by atoms with van der Waals surface area (Å²) in [5.41, 5.74) is 4.19. The Morgan fingerprint density at radius 2 is 1.84 bits per heavy atom. The lowest BCUT2D eigenvalue weighted by molar-refractivity contribution is -0.119. The number of nitrogens with one attached hydrogen (secondary N) is 1. The van der Waals surface area contributed by atoms with Gasteiger partial charge in [-0.3, -0.25) is 9.59 Å². The molecule has 1 unspecified atom stereocenters. The summed E-state index contributed by atoms with van der Waals surface area (Å²) in [7, 11) is 0. The maximum atomic E-state index is 13.9. The molecule has 2 aromatic carbocycles. The van der Waals surface area contributed by atoms with Crippen molar-refractivity contribution in [1.82, 2.24) is 24.5 Å². The van der Waals surface area contributed by atoms with Gasteiger partial charge in [-0.15, -0.1) is 21.5 Å². The molecule has 0 saturated heterocycles. The lowest BCUT2D eigenvalue weighted by Crippen LogP contribution is -2.35. The normalized spacial score (nSPS) is 14.1. The van der Waals surface area contributed by atoms with E-state index in [4.69, 9.17) is 0 Å². The summed E-state index contributed by atoms with van der Waals surface area (Å²) in [6.45, 7) is 4.04. The molecule has 7 nitrogen and oxygen atoms in total. The largest absolute Gasteiger partial charge is 0.353 e. The Morgan fingerprint density at radius 3 is 2.63 bits per heavy atom. The molecule has 0 fully saturated rings. The molecule has 0 aliphatic heterocycles. The molecule has 0 spiro atoms. The van der Waals surface area contributed by atoms with Gasteiger partial charge in [-0.2, -0.15) is 0 Å². The molecule has 1 N–H and O–H groups in total. The maximum absolute atomic E-state index is 13.9. The van der Waals surface area contributed by atoms with Crippen LogP contribution in [-0.2, 0) is 24.1 Å². The fraction of sp³-hybridized carbons (Fsp3) is 0.310. The van der Waals surface area contributed by atoms with Crippen molar-refractivity contribution in [1.29, 1.82) is 0 Å². The Morgan fingerprint density at radius 1 is 1.08 bits per heavy atom. The summed E-state index contributed by atoms with van der Waals surface area (Å²) in [5, 5.41) is 13.4. The minimum Gasteiger partial charge on any atom is -0.353 e. The fourth-order valence-electron chi connectivity index (χ4n) is 5.20. The van der Waals surface area contributed by atoms with E-state index in [0.717, 1.165) is 53.6 Å². The monoisotopic (exact) mass is 543 g/mol. The first kappa shape index (κ1) is 24.9.